The van der Waals surface area contributed by atoms with Gasteiger partial charge in [0.15, 0.2) is 5.16 Å². The van der Waals surface area contributed by atoms with Crippen molar-refractivity contribution in [3.63, 3.8) is 0 Å². The number of nitrogens with one attached hydrogen (secondary N) is 1. The summed E-state index contributed by atoms with van der Waals surface area (Å²) in [5, 5.41) is 3.75. The van der Waals surface area contributed by atoms with Crippen molar-refractivity contribution >= 4 is 35.1 Å². The largest absolute Gasteiger partial charge is 0.351 e. The lowest BCUT2D eigenvalue weighted by Crippen LogP contribution is -2.36. The van der Waals surface area contributed by atoms with E-state index < -0.39 is 0 Å². The summed E-state index contributed by atoms with van der Waals surface area (Å²) in [4.78, 5) is 22.8. The Morgan fingerprint density at radius 3 is 3.11 bits per heavy atom. The van der Waals surface area contributed by atoms with Crippen molar-refractivity contribution < 1.29 is 4.79 Å². The molecular formula is C11H13ClN4OS. The minimum atomic E-state index is -0.169. The molecule has 1 saturated heterocycles. The molecule has 1 N–H and O–H groups in total. The monoisotopic (exact) mass is 284 g/mol. The predicted octanol–water partition coefficient (Wildman–Crippen LogP) is 1.56. The van der Waals surface area contributed by atoms with Gasteiger partial charge in [0.25, 0.3) is 5.91 Å². The molecule has 2 aliphatic heterocycles. The van der Waals surface area contributed by atoms with E-state index in [9.17, 15) is 4.79 Å². The lowest BCUT2D eigenvalue weighted by molar-refractivity contribution is 0.0955. The van der Waals surface area contributed by atoms with Crippen molar-refractivity contribution in [2.45, 2.75) is 24.0 Å². The van der Waals surface area contributed by atoms with Gasteiger partial charge in [-0.2, -0.15) is 0 Å². The summed E-state index contributed by atoms with van der Waals surface area (Å²) in [6.07, 6.45) is 4.10. The highest BCUT2D eigenvalue weighted by Gasteiger charge is 2.34. The first-order valence-electron chi connectivity index (χ1n) is 5.87. The Balaban J connectivity index is 2.17. The zero-order chi connectivity index (χ0) is 12.7. The Labute approximate surface area is 114 Å². The van der Waals surface area contributed by atoms with Crippen LogP contribution in [0.3, 0.4) is 0 Å². The summed E-state index contributed by atoms with van der Waals surface area (Å²) in [7, 11) is 0. The third-order valence-corrected chi connectivity index (χ3v) is 4.20. The number of thioether (sulfide) groups is 1. The second kappa shape index (κ2) is 4.59. The summed E-state index contributed by atoms with van der Waals surface area (Å²) < 4.78 is 0. The molecule has 2 aliphatic rings. The van der Waals surface area contributed by atoms with Crippen molar-refractivity contribution in [3.8, 4) is 0 Å². The van der Waals surface area contributed by atoms with Crippen molar-refractivity contribution in [1.82, 2.24) is 15.3 Å². The normalized spacial score (nSPS) is 22.2. The van der Waals surface area contributed by atoms with Gasteiger partial charge in [-0.1, -0.05) is 23.4 Å². The lowest BCUT2D eigenvalue weighted by Gasteiger charge is -2.24. The van der Waals surface area contributed by atoms with Gasteiger partial charge >= 0.3 is 0 Å². The van der Waals surface area contributed by atoms with Crippen LogP contribution in [-0.2, 0) is 0 Å². The van der Waals surface area contributed by atoms with Crippen LogP contribution in [0.1, 0.15) is 23.2 Å². The fraction of sp³-hybridized carbons (Fsp3) is 0.545. The minimum Gasteiger partial charge on any atom is -0.351 e. The molecule has 0 spiro atoms. The number of rotatable bonds is 1. The molecule has 18 heavy (non-hydrogen) atoms. The first-order chi connectivity index (χ1) is 8.70. The van der Waals surface area contributed by atoms with Gasteiger partial charge in [-0.25, -0.2) is 9.97 Å². The lowest BCUT2D eigenvalue weighted by atomic mass is 10.2. The van der Waals surface area contributed by atoms with Crippen LogP contribution in [0.4, 0.5) is 5.82 Å². The van der Waals surface area contributed by atoms with Gasteiger partial charge in [-0.05, 0) is 19.1 Å². The van der Waals surface area contributed by atoms with E-state index in [4.69, 9.17) is 11.6 Å². The predicted molar refractivity (Wildman–Crippen MR) is 71.5 cm³/mol. The van der Waals surface area contributed by atoms with Crippen LogP contribution < -0.4 is 10.2 Å². The number of carbonyl (C=O) groups is 1. The second-order valence-electron chi connectivity index (χ2n) is 4.40. The number of aromatic nitrogens is 2. The molecule has 0 unspecified atom stereocenters. The zero-order valence-corrected chi connectivity index (χ0v) is 11.5. The number of amides is 1. The van der Waals surface area contributed by atoms with Crippen molar-refractivity contribution in [2.75, 3.05) is 24.2 Å². The van der Waals surface area contributed by atoms with Gasteiger partial charge in [0, 0.05) is 19.1 Å². The molecule has 1 aromatic heterocycles. The summed E-state index contributed by atoms with van der Waals surface area (Å²) >= 11 is 7.56. The molecule has 0 bridgehead atoms. The topological polar surface area (TPSA) is 58.1 Å². The van der Waals surface area contributed by atoms with Crippen molar-refractivity contribution in [2.24, 2.45) is 0 Å². The van der Waals surface area contributed by atoms with E-state index in [1.54, 1.807) is 0 Å². The number of hydrogen-bond donors (Lipinski definition) is 1. The Kier molecular flexibility index (Phi) is 3.07. The molecular weight excluding hydrogens is 272 g/mol. The van der Waals surface area contributed by atoms with E-state index in [1.165, 1.54) is 11.8 Å². The van der Waals surface area contributed by atoms with Crippen molar-refractivity contribution in [1.29, 1.82) is 0 Å². The molecule has 3 heterocycles. The molecule has 96 valence electrons. The smallest absolute Gasteiger partial charge is 0.258 e. The number of hydrogen-bond acceptors (Lipinski definition) is 5. The van der Waals surface area contributed by atoms with Gasteiger partial charge in [0.2, 0.25) is 0 Å². The maximum Gasteiger partial charge on any atom is 0.258 e. The third kappa shape index (κ3) is 1.83. The maximum atomic E-state index is 12.0. The fourth-order valence-electron chi connectivity index (χ4n) is 2.52. The van der Waals surface area contributed by atoms with E-state index in [1.807, 2.05) is 6.26 Å². The van der Waals surface area contributed by atoms with Crippen LogP contribution >= 0.6 is 23.4 Å². The van der Waals surface area contributed by atoms with Crippen LogP contribution in [0, 0.1) is 0 Å². The van der Waals surface area contributed by atoms with Gasteiger partial charge in [0.1, 0.15) is 16.5 Å². The molecule has 7 heteroatoms. The summed E-state index contributed by atoms with van der Waals surface area (Å²) in [6, 6.07) is 0.330. The van der Waals surface area contributed by atoms with Gasteiger partial charge in [-0.3, -0.25) is 4.79 Å². The van der Waals surface area contributed by atoms with Gasteiger partial charge in [-0.15, -0.1) is 0 Å². The zero-order valence-electron chi connectivity index (χ0n) is 9.94. The highest BCUT2D eigenvalue weighted by Crippen LogP contribution is 2.33. The SMILES string of the molecule is CSc1nc(Cl)c2c(n1)N1CCC[C@H]1CNC2=O. The van der Waals surface area contributed by atoms with E-state index in [0.29, 0.717) is 29.1 Å². The van der Waals surface area contributed by atoms with E-state index in [2.05, 4.69) is 20.2 Å². The Morgan fingerprint density at radius 2 is 2.33 bits per heavy atom. The van der Waals surface area contributed by atoms with Gasteiger partial charge in [0.05, 0.1) is 0 Å². The average Bonchev–Trinajstić information content (AvgIpc) is 2.78. The summed E-state index contributed by atoms with van der Waals surface area (Å²) in [5.41, 5.74) is 0.416. The van der Waals surface area contributed by atoms with E-state index in [-0.39, 0.29) is 11.1 Å². The first kappa shape index (κ1) is 12.0. The Hall–Kier alpha value is -1.01. The number of halogens is 1. The molecule has 3 rings (SSSR count). The number of nitrogens with zero attached hydrogens (tertiary/aromatic N) is 3. The van der Waals surface area contributed by atoms with Crippen LogP contribution in [0.2, 0.25) is 5.15 Å². The maximum absolute atomic E-state index is 12.0. The third-order valence-electron chi connectivity index (χ3n) is 3.38. The molecule has 1 fully saturated rings. The van der Waals surface area contributed by atoms with Gasteiger partial charge < -0.3 is 10.2 Å². The van der Waals surface area contributed by atoms with Crippen LogP contribution in [-0.4, -0.2) is 41.3 Å². The minimum absolute atomic E-state index is 0.169. The quantitative estimate of drug-likeness (QED) is 0.482. The summed E-state index contributed by atoms with van der Waals surface area (Å²) in [6.45, 7) is 1.58. The second-order valence-corrected chi connectivity index (χ2v) is 5.53. The molecule has 5 nitrogen and oxygen atoms in total. The van der Waals surface area contributed by atoms with Crippen molar-refractivity contribution in [3.05, 3.63) is 10.7 Å². The number of anilines is 1. The molecule has 1 amide bonds. The molecule has 1 atom stereocenters. The molecule has 0 aromatic carbocycles. The fourth-order valence-corrected chi connectivity index (χ4v) is 3.18. The first-order valence-corrected chi connectivity index (χ1v) is 7.47. The molecule has 0 aliphatic carbocycles. The van der Waals surface area contributed by atoms with Crippen LogP contribution in [0.15, 0.2) is 5.16 Å². The van der Waals surface area contributed by atoms with Crippen LogP contribution in [0.25, 0.3) is 0 Å². The molecule has 0 radical (unpaired) electrons. The standard InChI is InChI=1S/C11H13ClN4OS/c1-18-11-14-8(12)7-9(15-11)16-4-2-3-6(16)5-13-10(7)17/h6H,2-5H2,1H3,(H,13,17)/t6-/m0/s1. The highest BCUT2D eigenvalue weighted by molar-refractivity contribution is 7.98. The molecule has 1 aromatic rings. The summed E-state index contributed by atoms with van der Waals surface area (Å²) in [5.74, 6) is 0.522. The molecule has 0 saturated carbocycles. The average molecular weight is 285 g/mol. The van der Waals surface area contributed by atoms with Crippen LogP contribution in [0.5, 0.6) is 0 Å². The Bertz CT molecular complexity index is 510. The number of carbonyl (C=O) groups excluding carboxylic acids is 1. The highest BCUT2D eigenvalue weighted by atomic mass is 35.5. The van der Waals surface area contributed by atoms with E-state index in [0.717, 1.165) is 19.4 Å². The van der Waals surface area contributed by atoms with E-state index >= 15 is 0 Å². The Morgan fingerprint density at radius 1 is 1.50 bits per heavy atom. The number of fused-ring (bicyclic) bond motifs is 3.